The Morgan fingerprint density at radius 1 is 1.11 bits per heavy atom. The predicted octanol–water partition coefficient (Wildman–Crippen LogP) is 1.33. The molecule has 0 aromatic heterocycles. The van der Waals surface area contributed by atoms with Crippen molar-refractivity contribution in [1.82, 2.24) is 5.43 Å². The number of methoxy groups -OCH3 is 3. The molecule has 19 heavy (non-hydrogen) atoms. The normalized spacial score (nSPS) is 11.4. The summed E-state index contributed by atoms with van der Waals surface area (Å²) in [6, 6.07) is 3.70. The van der Waals surface area contributed by atoms with Gasteiger partial charge in [0.05, 0.1) is 21.3 Å². The molecular formula is C13H21N3O3. The van der Waals surface area contributed by atoms with Crippen molar-refractivity contribution in [2.75, 3.05) is 21.3 Å². The quantitative estimate of drug-likeness (QED) is 0.364. The van der Waals surface area contributed by atoms with E-state index in [2.05, 4.69) is 10.4 Å². The summed E-state index contributed by atoms with van der Waals surface area (Å²) in [6.07, 6.45) is 0. The Labute approximate surface area is 113 Å². The van der Waals surface area contributed by atoms with Gasteiger partial charge in [-0.05, 0) is 26.0 Å². The van der Waals surface area contributed by atoms with E-state index >= 15 is 0 Å². The maximum Gasteiger partial charge on any atom is 0.203 e. The second-order valence-corrected chi connectivity index (χ2v) is 4.13. The van der Waals surface area contributed by atoms with Crippen LogP contribution in [0.25, 0.3) is 0 Å². The lowest BCUT2D eigenvalue weighted by Crippen LogP contribution is -2.32. The number of nitrogens with two attached hydrogens (primary N) is 1. The molecule has 0 radical (unpaired) electrons. The number of hydrogen-bond acceptors (Lipinski definition) is 5. The zero-order valence-corrected chi connectivity index (χ0v) is 12.0. The molecule has 0 saturated heterocycles. The van der Waals surface area contributed by atoms with Crippen LogP contribution in [0.5, 0.6) is 17.2 Å². The molecule has 0 fully saturated rings. The Morgan fingerprint density at radius 2 is 1.63 bits per heavy atom. The smallest absolute Gasteiger partial charge is 0.203 e. The topological polar surface area (TPSA) is 78.1 Å². The minimum absolute atomic E-state index is 0.116. The van der Waals surface area contributed by atoms with E-state index in [0.717, 1.165) is 5.56 Å². The summed E-state index contributed by atoms with van der Waals surface area (Å²) in [5, 5.41) is 0. The number of hydrazine groups is 1. The molecule has 0 aliphatic rings. The van der Waals surface area contributed by atoms with Gasteiger partial charge in [0.25, 0.3) is 0 Å². The summed E-state index contributed by atoms with van der Waals surface area (Å²) < 4.78 is 15.8. The Bertz CT molecular complexity index is 433. The van der Waals surface area contributed by atoms with Crippen molar-refractivity contribution >= 4 is 5.84 Å². The summed E-state index contributed by atoms with van der Waals surface area (Å²) in [4.78, 5) is 4.40. The van der Waals surface area contributed by atoms with Gasteiger partial charge in [0.15, 0.2) is 11.5 Å². The van der Waals surface area contributed by atoms with Crippen LogP contribution in [-0.4, -0.2) is 33.2 Å². The molecule has 0 atom stereocenters. The molecule has 1 aromatic rings. The van der Waals surface area contributed by atoms with Gasteiger partial charge in [-0.1, -0.05) is 0 Å². The fourth-order valence-electron chi connectivity index (χ4n) is 1.67. The number of benzene rings is 1. The fourth-order valence-corrected chi connectivity index (χ4v) is 1.67. The lowest BCUT2D eigenvalue weighted by atomic mass is 10.1. The van der Waals surface area contributed by atoms with Crippen LogP contribution in [0.1, 0.15) is 19.4 Å². The molecule has 0 bridgehead atoms. The molecule has 0 aliphatic carbocycles. The monoisotopic (exact) mass is 267 g/mol. The maximum atomic E-state index is 5.51. The first-order valence-electron chi connectivity index (χ1n) is 5.92. The van der Waals surface area contributed by atoms with E-state index in [1.807, 2.05) is 13.8 Å². The summed E-state index contributed by atoms with van der Waals surface area (Å²) in [7, 11) is 4.69. The molecule has 6 heteroatoms. The van der Waals surface area contributed by atoms with Crippen LogP contribution in [-0.2, 0) is 0 Å². The highest BCUT2D eigenvalue weighted by molar-refractivity contribution is 5.99. The lowest BCUT2D eigenvalue weighted by Gasteiger charge is -2.15. The van der Waals surface area contributed by atoms with Gasteiger partial charge in [-0.25, -0.2) is 5.84 Å². The van der Waals surface area contributed by atoms with Gasteiger partial charge >= 0.3 is 0 Å². The van der Waals surface area contributed by atoms with Gasteiger partial charge < -0.3 is 19.6 Å². The van der Waals surface area contributed by atoms with Crippen molar-refractivity contribution in [3.63, 3.8) is 0 Å². The maximum absolute atomic E-state index is 5.51. The van der Waals surface area contributed by atoms with Crippen LogP contribution in [0.15, 0.2) is 17.1 Å². The number of aliphatic imine (C=N–C) groups is 1. The number of hydrogen-bond donors (Lipinski definition) is 2. The summed E-state index contributed by atoms with van der Waals surface area (Å²) in [5.41, 5.74) is 3.36. The first-order valence-corrected chi connectivity index (χ1v) is 5.92. The van der Waals surface area contributed by atoms with Crippen LogP contribution in [0.4, 0.5) is 0 Å². The molecule has 0 heterocycles. The summed E-state index contributed by atoms with van der Waals surface area (Å²) >= 11 is 0. The van der Waals surface area contributed by atoms with E-state index in [0.29, 0.717) is 23.1 Å². The van der Waals surface area contributed by atoms with Gasteiger partial charge in [-0.15, -0.1) is 0 Å². The Balaban J connectivity index is 3.36. The lowest BCUT2D eigenvalue weighted by molar-refractivity contribution is 0.324. The first-order chi connectivity index (χ1) is 9.07. The Kier molecular flexibility index (Phi) is 5.44. The van der Waals surface area contributed by atoms with Crippen LogP contribution < -0.4 is 25.5 Å². The van der Waals surface area contributed by atoms with Crippen LogP contribution in [0, 0.1) is 0 Å². The predicted molar refractivity (Wildman–Crippen MR) is 75.1 cm³/mol. The van der Waals surface area contributed by atoms with E-state index in [4.69, 9.17) is 20.1 Å². The summed E-state index contributed by atoms with van der Waals surface area (Å²) in [6.45, 7) is 3.94. The molecule has 1 rings (SSSR count). The average molecular weight is 267 g/mol. The Morgan fingerprint density at radius 3 is 1.95 bits per heavy atom. The van der Waals surface area contributed by atoms with Crippen molar-refractivity contribution < 1.29 is 14.2 Å². The van der Waals surface area contributed by atoms with Crippen molar-refractivity contribution in [2.45, 2.75) is 19.9 Å². The Hall–Kier alpha value is -1.95. The highest BCUT2D eigenvalue weighted by Gasteiger charge is 2.15. The van der Waals surface area contributed by atoms with Crippen molar-refractivity contribution in [2.24, 2.45) is 10.8 Å². The molecule has 0 aliphatic heterocycles. The van der Waals surface area contributed by atoms with Crippen LogP contribution >= 0.6 is 0 Å². The number of rotatable bonds is 5. The van der Waals surface area contributed by atoms with E-state index in [9.17, 15) is 0 Å². The molecule has 106 valence electrons. The highest BCUT2D eigenvalue weighted by Crippen LogP contribution is 2.38. The molecule has 0 amide bonds. The number of nitrogens with one attached hydrogen (secondary N) is 1. The number of amidine groups is 1. The molecule has 0 saturated carbocycles. The zero-order valence-electron chi connectivity index (χ0n) is 12.0. The van der Waals surface area contributed by atoms with E-state index < -0.39 is 0 Å². The van der Waals surface area contributed by atoms with E-state index in [1.165, 1.54) is 0 Å². The molecule has 3 N–H and O–H groups in total. The third kappa shape index (κ3) is 3.51. The third-order valence-electron chi connectivity index (χ3n) is 2.46. The minimum atomic E-state index is 0.116. The van der Waals surface area contributed by atoms with Crippen molar-refractivity contribution in [3.05, 3.63) is 17.7 Å². The van der Waals surface area contributed by atoms with E-state index in [-0.39, 0.29) is 6.04 Å². The average Bonchev–Trinajstić information content (AvgIpc) is 2.42. The fraction of sp³-hybridized carbons (Fsp3) is 0.462. The van der Waals surface area contributed by atoms with Crippen molar-refractivity contribution in [3.8, 4) is 17.2 Å². The first kappa shape index (κ1) is 15.1. The van der Waals surface area contributed by atoms with Crippen molar-refractivity contribution in [1.29, 1.82) is 0 Å². The van der Waals surface area contributed by atoms with E-state index in [1.54, 1.807) is 33.5 Å². The second kappa shape index (κ2) is 6.84. The van der Waals surface area contributed by atoms with Gasteiger partial charge in [0.2, 0.25) is 5.75 Å². The standard InChI is InChI=1S/C13H21N3O3/c1-8(2)15-13(16-14)9-6-10(17-3)12(19-5)11(7-9)18-4/h6-8H,14H2,1-5H3,(H,15,16). The third-order valence-corrected chi connectivity index (χ3v) is 2.46. The molecule has 6 nitrogen and oxygen atoms in total. The van der Waals surface area contributed by atoms with Gasteiger partial charge in [-0.2, -0.15) is 0 Å². The second-order valence-electron chi connectivity index (χ2n) is 4.13. The van der Waals surface area contributed by atoms with Crippen LogP contribution in [0.2, 0.25) is 0 Å². The van der Waals surface area contributed by atoms with Gasteiger partial charge in [0.1, 0.15) is 5.84 Å². The number of nitrogens with zero attached hydrogens (tertiary/aromatic N) is 1. The molecule has 0 unspecified atom stereocenters. The molecule has 1 aromatic carbocycles. The SMILES string of the molecule is COc1cc(C(=NC(C)C)NN)cc(OC)c1OC. The van der Waals surface area contributed by atoms with Gasteiger partial charge in [-0.3, -0.25) is 4.99 Å². The summed E-state index contributed by atoms with van der Waals surface area (Å²) in [5.74, 6) is 7.73. The number of ether oxygens (including phenoxy) is 3. The molecule has 0 spiro atoms. The minimum Gasteiger partial charge on any atom is -0.493 e. The molecular weight excluding hydrogens is 246 g/mol. The van der Waals surface area contributed by atoms with Gasteiger partial charge in [0, 0.05) is 11.6 Å². The zero-order chi connectivity index (χ0) is 14.4. The largest absolute Gasteiger partial charge is 0.493 e. The van der Waals surface area contributed by atoms with Crippen LogP contribution in [0.3, 0.4) is 0 Å². The highest BCUT2D eigenvalue weighted by atomic mass is 16.5.